The van der Waals surface area contributed by atoms with Crippen molar-refractivity contribution in [2.75, 3.05) is 6.54 Å². The zero-order valence-corrected chi connectivity index (χ0v) is 22.2. The smallest absolute Gasteiger partial charge is 0.357 e. The molecule has 1 saturated carbocycles. The van der Waals surface area contributed by atoms with Gasteiger partial charge in [-0.05, 0) is 74.3 Å². The van der Waals surface area contributed by atoms with Crippen molar-refractivity contribution in [3.63, 3.8) is 0 Å². The number of nitrogens with zero attached hydrogens (tertiary/aromatic N) is 1. The highest BCUT2D eigenvalue weighted by Crippen LogP contribution is 2.21. The number of ether oxygens (including phenoxy) is 1. The van der Waals surface area contributed by atoms with E-state index in [2.05, 4.69) is 24.1 Å². The number of esters is 1. The molecule has 0 bridgehead atoms. The molecular weight excluding hydrogens is 494 g/mol. The molecule has 0 saturated heterocycles. The van der Waals surface area contributed by atoms with E-state index in [4.69, 9.17) is 4.74 Å². The number of pyridine rings is 1. The molecule has 2 amide bonds. The van der Waals surface area contributed by atoms with Crippen LogP contribution in [0.5, 0.6) is 0 Å². The third-order valence-corrected chi connectivity index (χ3v) is 7.55. The van der Waals surface area contributed by atoms with E-state index in [1.54, 1.807) is 12.1 Å². The molecule has 2 N–H and O–H groups in total. The Morgan fingerprint density at radius 2 is 1.73 bits per heavy atom. The number of rotatable bonds is 11. The zero-order valence-electron chi connectivity index (χ0n) is 21.4. The van der Waals surface area contributed by atoms with Crippen LogP contribution in [0.3, 0.4) is 0 Å². The number of hydrogen-bond acceptors (Lipinski definition) is 7. The lowest BCUT2D eigenvalue weighted by Gasteiger charge is -2.21. The molecule has 1 aromatic heterocycles. The van der Waals surface area contributed by atoms with Crippen LogP contribution in [0, 0.1) is 5.92 Å². The Morgan fingerprint density at radius 3 is 2.35 bits per heavy atom. The number of hydrogen-bond donors (Lipinski definition) is 2. The lowest BCUT2D eigenvalue weighted by molar-refractivity contribution is -0.121. The molecule has 9 nitrogen and oxygen atoms in total. The molecule has 1 heterocycles. The van der Waals surface area contributed by atoms with Crippen LogP contribution in [0.4, 0.5) is 0 Å². The van der Waals surface area contributed by atoms with E-state index < -0.39 is 21.9 Å². The molecule has 2 aromatic rings. The van der Waals surface area contributed by atoms with Gasteiger partial charge in [0, 0.05) is 19.2 Å². The van der Waals surface area contributed by atoms with Gasteiger partial charge in [-0.3, -0.25) is 9.59 Å². The minimum atomic E-state index is -4.11. The van der Waals surface area contributed by atoms with Crippen molar-refractivity contribution in [2.45, 2.75) is 76.2 Å². The van der Waals surface area contributed by atoms with Gasteiger partial charge in [0.25, 0.3) is 15.9 Å². The van der Waals surface area contributed by atoms with E-state index in [-0.39, 0.29) is 28.2 Å². The van der Waals surface area contributed by atoms with Crippen molar-refractivity contribution >= 4 is 27.8 Å². The first-order valence-electron chi connectivity index (χ1n) is 12.7. The number of aromatic nitrogens is 1. The fourth-order valence-electron chi connectivity index (χ4n) is 3.97. The number of benzene rings is 1. The van der Waals surface area contributed by atoms with Gasteiger partial charge in [0.1, 0.15) is 11.8 Å². The molecule has 200 valence electrons. The molecule has 1 aromatic carbocycles. The maximum atomic E-state index is 12.7. The number of carbonyl (C=O) groups is 3. The SMILES string of the molecule is CC(C)CCC(=O)NCCc1ccc(S(=O)(=O)NC(=O)c2ccc(C(=O)OC3CCCCC3)nc2)cc1. The summed E-state index contributed by atoms with van der Waals surface area (Å²) in [4.78, 5) is 40.5. The molecule has 0 aliphatic heterocycles. The monoisotopic (exact) mass is 529 g/mol. The van der Waals surface area contributed by atoms with E-state index in [1.165, 1.54) is 24.3 Å². The fourth-order valence-corrected chi connectivity index (χ4v) is 4.95. The van der Waals surface area contributed by atoms with E-state index in [1.807, 2.05) is 4.72 Å². The van der Waals surface area contributed by atoms with Gasteiger partial charge in [0.15, 0.2) is 0 Å². The van der Waals surface area contributed by atoms with E-state index in [9.17, 15) is 22.8 Å². The van der Waals surface area contributed by atoms with Crippen LogP contribution in [0.15, 0.2) is 47.5 Å². The van der Waals surface area contributed by atoms with Crippen LogP contribution in [0.2, 0.25) is 0 Å². The van der Waals surface area contributed by atoms with Gasteiger partial charge in [0.05, 0.1) is 10.5 Å². The minimum Gasteiger partial charge on any atom is -0.458 e. The Hall–Kier alpha value is -3.27. The molecule has 0 spiro atoms. The first-order valence-corrected chi connectivity index (χ1v) is 14.2. The van der Waals surface area contributed by atoms with Crippen molar-refractivity contribution in [3.8, 4) is 0 Å². The lowest BCUT2D eigenvalue weighted by Crippen LogP contribution is -2.30. The summed E-state index contributed by atoms with van der Waals surface area (Å²) < 4.78 is 32.8. The summed E-state index contributed by atoms with van der Waals surface area (Å²) in [5.74, 6) is -0.945. The molecule has 1 aliphatic carbocycles. The summed E-state index contributed by atoms with van der Waals surface area (Å²) in [6, 6.07) is 8.81. The maximum Gasteiger partial charge on any atom is 0.357 e. The normalized spacial score (nSPS) is 14.2. The van der Waals surface area contributed by atoms with Gasteiger partial charge in [-0.1, -0.05) is 32.4 Å². The third-order valence-electron chi connectivity index (χ3n) is 6.21. The van der Waals surface area contributed by atoms with Crippen LogP contribution >= 0.6 is 0 Å². The highest BCUT2D eigenvalue weighted by atomic mass is 32.2. The molecule has 37 heavy (non-hydrogen) atoms. The van der Waals surface area contributed by atoms with E-state index in [0.29, 0.717) is 25.3 Å². The van der Waals surface area contributed by atoms with Crippen LogP contribution in [0.25, 0.3) is 0 Å². The second-order valence-electron chi connectivity index (χ2n) is 9.71. The molecule has 0 radical (unpaired) electrons. The Labute approximate surface area is 218 Å². The molecule has 1 fully saturated rings. The third kappa shape index (κ3) is 8.96. The highest BCUT2D eigenvalue weighted by molar-refractivity contribution is 7.90. The van der Waals surface area contributed by atoms with Crippen molar-refractivity contribution in [3.05, 3.63) is 59.4 Å². The first kappa shape index (κ1) is 28.3. The predicted octanol–water partition coefficient (Wildman–Crippen LogP) is 3.78. The minimum absolute atomic E-state index is 0.000698. The molecule has 0 atom stereocenters. The Kier molecular flexibility index (Phi) is 10.2. The van der Waals surface area contributed by atoms with Crippen molar-refractivity contribution in [2.24, 2.45) is 5.92 Å². The summed E-state index contributed by atoms with van der Waals surface area (Å²) in [6.45, 7) is 4.58. The topological polar surface area (TPSA) is 132 Å². The summed E-state index contributed by atoms with van der Waals surface area (Å²) in [6.07, 6.45) is 7.77. The molecule has 10 heteroatoms. The molecule has 3 rings (SSSR count). The summed E-state index contributed by atoms with van der Waals surface area (Å²) in [5.41, 5.74) is 0.925. The fraction of sp³-hybridized carbons (Fsp3) is 0.481. The van der Waals surface area contributed by atoms with Gasteiger partial charge in [-0.15, -0.1) is 0 Å². The second kappa shape index (κ2) is 13.3. The summed E-state index contributed by atoms with van der Waals surface area (Å²) in [7, 11) is -4.11. The maximum absolute atomic E-state index is 12.7. The Morgan fingerprint density at radius 1 is 1.03 bits per heavy atom. The van der Waals surface area contributed by atoms with Gasteiger partial charge in [-0.25, -0.2) is 22.9 Å². The Balaban J connectivity index is 1.50. The average Bonchev–Trinajstić information content (AvgIpc) is 2.88. The van der Waals surface area contributed by atoms with E-state index in [0.717, 1.165) is 50.3 Å². The highest BCUT2D eigenvalue weighted by Gasteiger charge is 2.22. The second-order valence-corrected chi connectivity index (χ2v) is 11.4. The van der Waals surface area contributed by atoms with Crippen LogP contribution < -0.4 is 10.0 Å². The van der Waals surface area contributed by atoms with Gasteiger partial charge >= 0.3 is 5.97 Å². The lowest BCUT2D eigenvalue weighted by atomic mass is 9.98. The Bertz CT molecular complexity index is 1170. The van der Waals surface area contributed by atoms with E-state index >= 15 is 0 Å². The largest absolute Gasteiger partial charge is 0.458 e. The van der Waals surface area contributed by atoms with Gasteiger partial charge in [-0.2, -0.15) is 0 Å². The standard InChI is InChI=1S/C27H35N3O6S/c1-19(2)8-15-25(31)28-17-16-20-9-12-23(13-10-20)37(34,35)30-26(32)21-11-14-24(29-18-21)27(33)36-22-6-4-3-5-7-22/h9-14,18-19,22H,3-8,15-17H2,1-2H3,(H,28,31)(H,30,32). The zero-order chi connectivity index (χ0) is 26.8. The first-order chi connectivity index (χ1) is 17.6. The van der Waals surface area contributed by atoms with Crippen molar-refractivity contribution in [1.29, 1.82) is 0 Å². The quantitative estimate of drug-likeness (QED) is 0.423. The predicted molar refractivity (Wildman–Crippen MR) is 138 cm³/mol. The molecular formula is C27H35N3O6S. The van der Waals surface area contributed by atoms with Gasteiger partial charge < -0.3 is 10.1 Å². The number of nitrogens with one attached hydrogen (secondary N) is 2. The summed E-state index contributed by atoms with van der Waals surface area (Å²) >= 11 is 0. The number of sulfonamides is 1. The van der Waals surface area contributed by atoms with Crippen molar-refractivity contribution < 1.29 is 27.5 Å². The molecule has 0 unspecified atom stereocenters. The number of carbonyl (C=O) groups excluding carboxylic acids is 3. The average molecular weight is 530 g/mol. The van der Waals surface area contributed by atoms with Gasteiger partial charge in [0.2, 0.25) is 5.91 Å². The van der Waals surface area contributed by atoms with Crippen LogP contribution in [-0.4, -0.2) is 43.8 Å². The van der Waals surface area contributed by atoms with Crippen LogP contribution in [-0.2, 0) is 26.0 Å². The van der Waals surface area contributed by atoms with Crippen LogP contribution in [0.1, 0.15) is 85.2 Å². The molecule has 1 aliphatic rings. The number of amides is 2. The van der Waals surface area contributed by atoms with Crippen molar-refractivity contribution in [1.82, 2.24) is 15.0 Å². The summed E-state index contributed by atoms with van der Waals surface area (Å²) in [5, 5.41) is 2.86.